The predicted molar refractivity (Wildman–Crippen MR) is 46.0 cm³/mol. The van der Waals surface area contributed by atoms with Crippen LogP contribution in [0.3, 0.4) is 0 Å². The van der Waals surface area contributed by atoms with Crippen molar-refractivity contribution in [2.24, 2.45) is 5.92 Å². The number of ether oxygens (including phenoxy) is 1. The van der Waals surface area contributed by atoms with Gasteiger partial charge < -0.3 is 14.7 Å². The molecule has 2 saturated heterocycles. The maximum Gasteiger partial charge on any atom is 0.0667 e. The van der Waals surface area contributed by atoms with Gasteiger partial charge in [0.05, 0.1) is 19.3 Å². The topological polar surface area (TPSA) is 32.7 Å². The van der Waals surface area contributed by atoms with Crippen molar-refractivity contribution in [2.45, 2.75) is 18.9 Å². The summed E-state index contributed by atoms with van der Waals surface area (Å²) < 4.78 is 5.11. The van der Waals surface area contributed by atoms with Gasteiger partial charge in [0.2, 0.25) is 0 Å². The van der Waals surface area contributed by atoms with Gasteiger partial charge >= 0.3 is 0 Å². The van der Waals surface area contributed by atoms with E-state index in [2.05, 4.69) is 4.90 Å². The Morgan fingerprint density at radius 1 is 1.42 bits per heavy atom. The van der Waals surface area contributed by atoms with E-state index < -0.39 is 0 Å². The van der Waals surface area contributed by atoms with Crippen molar-refractivity contribution in [1.82, 2.24) is 4.90 Å². The standard InChI is InChI=1S/C9H17NO2/c11-9-2-1-3-10(5-9)4-8-6-12-7-8/h8-9,11H,1-7H2. The molecule has 0 aromatic heterocycles. The van der Waals surface area contributed by atoms with E-state index in [1.54, 1.807) is 0 Å². The van der Waals surface area contributed by atoms with E-state index in [0.29, 0.717) is 0 Å². The SMILES string of the molecule is OC1CCCN(CC2COC2)C1. The second-order valence-electron chi connectivity index (χ2n) is 3.96. The van der Waals surface area contributed by atoms with E-state index in [1.165, 1.54) is 0 Å². The Hall–Kier alpha value is -0.120. The Balaban J connectivity index is 1.71. The molecule has 2 rings (SSSR count). The monoisotopic (exact) mass is 171 g/mol. The first kappa shape index (κ1) is 8.48. The number of aliphatic hydroxyl groups is 1. The molecule has 0 bridgehead atoms. The van der Waals surface area contributed by atoms with E-state index in [4.69, 9.17) is 4.74 Å². The third kappa shape index (κ3) is 1.97. The highest BCUT2D eigenvalue weighted by atomic mass is 16.5. The van der Waals surface area contributed by atoms with Crippen molar-refractivity contribution >= 4 is 0 Å². The molecule has 12 heavy (non-hydrogen) atoms. The normalized spacial score (nSPS) is 33.2. The van der Waals surface area contributed by atoms with Crippen LogP contribution in [0.2, 0.25) is 0 Å². The molecule has 0 radical (unpaired) electrons. The molecular formula is C9H17NO2. The molecule has 0 spiro atoms. The Morgan fingerprint density at radius 3 is 2.83 bits per heavy atom. The fraction of sp³-hybridized carbons (Fsp3) is 1.00. The summed E-state index contributed by atoms with van der Waals surface area (Å²) in [7, 11) is 0. The lowest BCUT2D eigenvalue weighted by atomic mass is 10.0. The first-order valence-corrected chi connectivity index (χ1v) is 4.83. The summed E-state index contributed by atoms with van der Waals surface area (Å²) in [4.78, 5) is 2.36. The molecule has 2 heterocycles. The summed E-state index contributed by atoms with van der Waals surface area (Å²) in [5.74, 6) is 0.732. The van der Waals surface area contributed by atoms with Crippen molar-refractivity contribution in [3.8, 4) is 0 Å². The predicted octanol–water partition coefficient (Wildman–Crippen LogP) is 0.0895. The van der Waals surface area contributed by atoms with Crippen molar-refractivity contribution in [2.75, 3.05) is 32.8 Å². The van der Waals surface area contributed by atoms with E-state index in [9.17, 15) is 5.11 Å². The molecule has 0 aliphatic carbocycles. The van der Waals surface area contributed by atoms with E-state index in [-0.39, 0.29) is 6.10 Å². The van der Waals surface area contributed by atoms with Gasteiger partial charge in [-0.25, -0.2) is 0 Å². The maximum atomic E-state index is 9.41. The molecule has 1 atom stereocenters. The van der Waals surface area contributed by atoms with Gasteiger partial charge in [0, 0.05) is 19.0 Å². The zero-order valence-corrected chi connectivity index (χ0v) is 7.41. The Morgan fingerprint density at radius 2 is 2.25 bits per heavy atom. The number of piperidine rings is 1. The second-order valence-corrected chi connectivity index (χ2v) is 3.96. The molecule has 1 unspecified atom stereocenters. The number of nitrogens with zero attached hydrogens (tertiary/aromatic N) is 1. The largest absolute Gasteiger partial charge is 0.392 e. The Bertz CT molecular complexity index is 147. The number of β-amino-alcohol motifs (C(OH)–C–C–N with tert-alkyl or cyclic N) is 1. The molecule has 70 valence electrons. The molecular weight excluding hydrogens is 154 g/mol. The molecule has 2 aliphatic heterocycles. The van der Waals surface area contributed by atoms with Crippen molar-refractivity contribution in [1.29, 1.82) is 0 Å². The van der Waals surface area contributed by atoms with Crippen LogP contribution in [-0.4, -0.2) is 49.0 Å². The van der Waals surface area contributed by atoms with Gasteiger partial charge in [-0.15, -0.1) is 0 Å². The average Bonchev–Trinajstić information content (AvgIpc) is 1.97. The fourth-order valence-corrected chi connectivity index (χ4v) is 1.95. The van der Waals surface area contributed by atoms with Crippen LogP contribution in [0.5, 0.6) is 0 Å². The number of aliphatic hydroxyl groups excluding tert-OH is 1. The van der Waals surface area contributed by atoms with Crippen molar-refractivity contribution in [3.05, 3.63) is 0 Å². The molecule has 2 fully saturated rings. The molecule has 2 aliphatic rings. The van der Waals surface area contributed by atoms with Crippen LogP contribution in [0.1, 0.15) is 12.8 Å². The van der Waals surface area contributed by atoms with Crippen molar-refractivity contribution < 1.29 is 9.84 Å². The van der Waals surface area contributed by atoms with Crippen molar-refractivity contribution in [3.63, 3.8) is 0 Å². The van der Waals surface area contributed by atoms with Crippen LogP contribution in [-0.2, 0) is 4.74 Å². The van der Waals surface area contributed by atoms with Gasteiger partial charge in [0.1, 0.15) is 0 Å². The minimum absolute atomic E-state index is 0.0836. The van der Waals surface area contributed by atoms with Crippen LogP contribution < -0.4 is 0 Å². The summed E-state index contributed by atoms with van der Waals surface area (Å²) >= 11 is 0. The van der Waals surface area contributed by atoms with Gasteiger partial charge in [0.25, 0.3) is 0 Å². The summed E-state index contributed by atoms with van der Waals surface area (Å²) in [6, 6.07) is 0. The number of likely N-dealkylation sites (tertiary alicyclic amines) is 1. The zero-order chi connectivity index (χ0) is 8.39. The average molecular weight is 171 g/mol. The molecule has 3 nitrogen and oxygen atoms in total. The number of hydrogen-bond donors (Lipinski definition) is 1. The summed E-state index contributed by atoms with van der Waals surface area (Å²) in [6.45, 7) is 5.00. The molecule has 0 amide bonds. The molecule has 0 aromatic carbocycles. The van der Waals surface area contributed by atoms with Crippen LogP contribution >= 0.6 is 0 Å². The highest BCUT2D eigenvalue weighted by Crippen LogP contribution is 2.16. The Kier molecular flexibility index (Phi) is 2.63. The lowest BCUT2D eigenvalue weighted by Gasteiger charge is -2.35. The fourth-order valence-electron chi connectivity index (χ4n) is 1.95. The first-order valence-electron chi connectivity index (χ1n) is 4.83. The molecule has 1 N–H and O–H groups in total. The third-order valence-corrected chi connectivity index (χ3v) is 2.70. The quantitative estimate of drug-likeness (QED) is 0.639. The van der Waals surface area contributed by atoms with Crippen LogP contribution in [0.15, 0.2) is 0 Å². The highest BCUT2D eigenvalue weighted by Gasteiger charge is 2.24. The lowest BCUT2D eigenvalue weighted by molar-refractivity contribution is -0.0551. The van der Waals surface area contributed by atoms with E-state index in [1.807, 2.05) is 0 Å². The van der Waals surface area contributed by atoms with Crippen LogP contribution in [0.4, 0.5) is 0 Å². The summed E-state index contributed by atoms with van der Waals surface area (Å²) in [5.41, 5.74) is 0. The van der Waals surface area contributed by atoms with E-state index >= 15 is 0 Å². The second kappa shape index (κ2) is 3.73. The zero-order valence-electron chi connectivity index (χ0n) is 7.41. The lowest BCUT2D eigenvalue weighted by Crippen LogP contribution is -2.45. The maximum absolute atomic E-state index is 9.41. The molecule has 3 heteroatoms. The van der Waals surface area contributed by atoms with Gasteiger partial charge in [-0.05, 0) is 19.4 Å². The summed E-state index contributed by atoms with van der Waals surface area (Å²) in [5, 5.41) is 9.41. The number of rotatable bonds is 2. The number of hydrogen-bond acceptors (Lipinski definition) is 3. The van der Waals surface area contributed by atoms with E-state index in [0.717, 1.165) is 51.6 Å². The van der Waals surface area contributed by atoms with Crippen LogP contribution in [0, 0.1) is 5.92 Å². The summed E-state index contributed by atoms with van der Waals surface area (Å²) in [6.07, 6.45) is 2.05. The van der Waals surface area contributed by atoms with Gasteiger partial charge in [-0.3, -0.25) is 0 Å². The minimum Gasteiger partial charge on any atom is -0.392 e. The molecule has 0 aromatic rings. The van der Waals surface area contributed by atoms with Gasteiger partial charge in [-0.2, -0.15) is 0 Å². The van der Waals surface area contributed by atoms with Crippen LogP contribution in [0.25, 0.3) is 0 Å². The minimum atomic E-state index is -0.0836. The highest BCUT2D eigenvalue weighted by molar-refractivity contribution is 4.76. The molecule has 0 saturated carbocycles. The Labute approximate surface area is 73.3 Å². The van der Waals surface area contributed by atoms with Gasteiger partial charge in [0.15, 0.2) is 0 Å². The van der Waals surface area contributed by atoms with Gasteiger partial charge in [-0.1, -0.05) is 0 Å². The third-order valence-electron chi connectivity index (χ3n) is 2.70. The first-order chi connectivity index (χ1) is 5.84. The smallest absolute Gasteiger partial charge is 0.0667 e.